The minimum absolute atomic E-state index is 0.0636. The monoisotopic (exact) mass is 419 g/mol. The summed E-state index contributed by atoms with van der Waals surface area (Å²) in [5, 5.41) is 13.0. The summed E-state index contributed by atoms with van der Waals surface area (Å²) in [7, 11) is -2.46. The third-order valence-corrected chi connectivity index (χ3v) is 7.20. The van der Waals surface area contributed by atoms with Gasteiger partial charge in [0, 0.05) is 6.42 Å². The molecule has 1 fully saturated rings. The molecule has 7 nitrogen and oxygen atoms in total. The molecular weight excluding hydrogens is 394 g/mol. The van der Waals surface area contributed by atoms with E-state index in [4.69, 9.17) is 9.47 Å². The number of piperidine rings is 1. The highest BCUT2D eigenvalue weighted by Crippen LogP contribution is 2.38. The Hall–Kier alpha value is -2.58. The van der Waals surface area contributed by atoms with Crippen molar-refractivity contribution in [2.24, 2.45) is 5.41 Å². The van der Waals surface area contributed by atoms with E-state index in [2.05, 4.69) is 5.32 Å². The molecule has 2 aromatic rings. The van der Waals surface area contributed by atoms with Gasteiger partial charge in [0.1, 0.15) is 11.5 Å². The van der Waals surface area contributed by atoms with Crippen LogP contribution >= 0.6 is 0 Å². The van der Waals surface area contributed by atoms with Crippen molar-refractivity contribution < 1.29 is 27.8 Å². The Morgan fingerprint density at radius 1 is 1.07 bits per heavy atom. The van der Waals surface area contributed by atoms with E-state index < -0.39 is 26.7 Å². The van der Waals surface area contributed by atoms with Crippen LogP contribution in [0.3, 0.4) is 0 Å². The third kappa shape index (κ3) is 4.71. The van der Waals surface area contributed by atoms with Gasteiger partial charge in [-0.2, -0.15) is 0 Å². The van der Waals surface area contributed by atoms with Crippen molar-refractivity contribution in [3.63, 3.8) is 0 Å². The van der Waals surface area contributed by atoms with Crippen LogP contribution in [0.4, 0.5) is 0 Å². The Kier molecular flexibility index (Phi) is 6.44. The number of carboxylic acids is 1. The lowest BCUT2D eigenvalue weighted by atomic mass is 9.76. The fourth-order valence-corrected chi connectivity index (χ4v) is 5.11. The summed E-state index contributed by atoms with van der Waals surface area (Å²) in [6.45, 7) is 1.04. The van der Waals surface area contributed by atoms with Crippen LogP contribution in [-0.4, -0.2) is 45.1 Å². The Balaban J connectivity index is 1.98. The molecule has 0 spiro atoms. The molecule has 0 radical (unpaired) electrons. The maximum Gasteiger partial charge on any atom is 0.309 e. The molecular formula is C21H25NO6S. The molecule has 1 atom stereocenters. The first-order valence-electron chi connectivity index (χ1n) is 9.41. The average Bonchev–Trinajstić information content (AvgIpc) is 2.74. The zero-order chi connectivity index (χ0) is 20.9. The summed E-state index contributed by atoms with van der Waals surface area (Å²) >= 11 is 0. The van der Waals surface area contributed by atoms with Crippen LogP contribution in [0.2, 0.25) is 0 Å². The van der Waals surface area contributed by atoms with Gasteiger partial charge >= 0.3 is 5.97 Å². The summed E-state index contributed by atoms with van der Waals surface area (Å²) in [6.07, 6.45) is 0.553. The first kappa shape index (κ1) is 21.1. The highest BCUT2D eigenvalue weighted by molar-refractivity contribution is 7.92. The Labute approximate surface area is 170 Å². The molecule has 1 aliphatic rings. The topological polar surface area (TPSA) is 102 Å². The predicted octanol–water partition coefficient (Wildman–Crippen LogP) is 2.72. The van der Waals surface area contributed by atoms with Crippen molar-refractivity contribution in [2.75, 3.05) is 20.2 Å². The van der Waals surface area contributed by atoms with Crippen molar-refractivity contribution in [3.8, 4) is 11.5 Å². The minimum atomic E-state index is -3.96. The van der Waals surface area contributed by atoms with E-state index in [1.807, 2.05) is 0 Å². The highest BCUT2D eigenvalue weighted by atomic mass is 32.2. The van der Waals surface area contributed by atoms with E-state index in [-0.39, 0.29) is 11.3 Å². The molecule has 156 valence electrons. The molecule has 8 heteroatoms. The maximum atomic E-state index is 13.4. The second kappa shape index (κ2) is 8.84. The number of hydrogen-bond acceptors (Lipinski definition) is 6. The van der Waals surface area contributed by atoms with Gasteiger partial charge in [0.05, 0.1) is 17.4 Å². The van der Waals surface area contributed by atoms with Crippen LogP contribution < -0.4 is 14.8 Å². The van der Waals surface area contributed by atoms with Gasteiger partial charge in [0.2, 0.25) is 15.3 Å². The van der Waals surface area contributed by atoms with Crippen LogP contribution in [0.5, 0.6) is 11.5 Å². The van der Waals surface area contributed by atoms with Crippen molar-refractivity contribution in [2.45, 2.75) is 29.6 Å². The van der Waals surface area contributed by atoms with Crippen LogP contribution in [0.15, 0.2) is 59.5 Å². The summed E-state index contributed by atoms with van der Waals surface area (Å²) in [6, 6.07) is 14.6. The lowest BCUT2D eigenvalue weighted by Crippen LogP contribution is -2.46. The molecule has 3 rings (SSSR count). The molecule has 1 heterocycles. The fourth-order valence-electron chi connectivity index (χ4n) is 3.51. The number of para-hydroxylation sites is 1. The van der Waals surface area contributed by atoms with Gasteiger partial charge in [-0.25, -0.2) is 8.42 Å². The lowest BCUT2D eigenvalue weighted by Gasteiger charge is -2.36. The van der Waals surface area contributed by atoms with E-state index in [0.29, 0.717) is 37.4 Å². The summed E-state index contributed by atoms with van der Waals surface area (Å²) in [4.78, 5) is 12.2. The number of carbonyl (C=O) groups is 1. The Morgan fingerprint density at radius 3 is 2.24 bits per heavy atom. The van der Waals surface area contributed by atoms with Crippen LogP contribution in [0.25, 0.3) is 0 Å². The number of rotatable bonds is 8. The van der Waals surface area contributed by atoms with Gasteiger partial charge in [-0.1, -0.05) is 18.2 Å². The Morgan fingerprint density at radius 2 is 1.69 bits per heavy atom. The van der Waals surface area contributed by atoms with E-state index in [0.717, 1.165) is 0 Å². The number of ether oxygens (including phenoxy) is 2. The zero-order valence-corrected chi connectivity index (χ0v) is 17.0. The Bertz CT molecular complexity index is 921. The number of methoxy groups -OCH3 is 1. The first-order chi connectivity index (χ1) is 13.9. The average molecular weight is 419 g/mol. The first-order valence-corrected chi connectivity index (χ1v) is 11.0. The second-order valence-corrected chi connectivity index (χ2v) is 9.21. The van der Waals surface area contributed by atoms with E-state index in [9.17, 15) is 18.3 Å². The fraction of sp³-hybridized carbons (Fsp3) is 0.381. The number of sulfone groups is 1. The molecule has 0 aliphatic carbocycles. The zero-order valence-electron chi connectivity index (χ0n) is 16.2. The van der Waals surface area contributed by atoms with Crippen molar-refractivity contribution in [1.82, 2.24) is 5.32 Å². The summed E-state index contributed by atoms with van der Waals surface area (Å²) < 4.78 is 37.8. The molecule has 2 aromatic carbocycles. The van der Waals surface area contributed by atoms with Crippen molar-refractivity contribution in [1.29, 1.82) is 0 Å². The van der Waals surface area contributed by atoms with Crippen LogP contribution in [0, 0.1) is 5.41 Å². The number of hydrogen-bond donors (Lipinski definition) is 2. The van der Waals surface area contributed by atoms with Crippen molar-refractivity contribution in [3.05, 3.63) is 54.6 Å². The van der Waals surface area contributed by atoms with E-state index >= 15 is 0 Å². The minimum Gasteiger partial charge on any atom is -0.497 e. The summed E-state index contributed by atoms with van der Waals surface area (Å²) in [5.74, 6) is -0.0838. The highest BCUT2D eigenvalue weighted by Gasteiger charge is 2.46. The molecule has 1 unspecified atom stereocenters. The van der Waals surface area contributed by atoms with Crippen molar-refractivity contribution >= 4 is 15.8 Å². The molecule has 0 bridgehead atoms. The molecule has 0 saturated carbocycles. The standard InChI is InChI=1S/C21H25NO6S/c1-27-16-7-9-18(10-8-16)29(25,26)19(28-17-5-3-2-4-6-17)15-21(20(23)24)11-13-22-14-12-21/h2-10,19,22H,11-15H2,1H3,(H,23,24). The second-order valence-electron chi connectivity index (χ2n) is 7.12. The SMILES string of the molecule is COc1ccc(S(=O)(=O)C(CC2(C(=O)O)CCNCC2)Oc2ccccc2)cc1. The normalized spacial score (nSPS) is 17.3. The maximum absolute atomic E-state index is 13.4. The molecule has 1 saturated heterocycles. The predicted molar refractivity (Wildman–Crippen MR) is 108 cm³/mol. The van der Waals surface area contributed by atoms with E-state index in [1.165, 1.54) is 19.2 Å². The van der Waals surface area contributed by atoms with Gasteiger partial charge in [-0.3, -0.25) is 4.79 Å². The number of aliphatic carboxylic acids is 1. The van der Waals surface area contributed by atoms with Crippen LogP contribution in [-0.2, 0) is 14.6 Å². The number of carboxylic acid groups (broad SMARTS) is 1. The molecule has 1 aliphatic heterocycles. The molecule has 0 aromatic heterocycles. The quantitative estimate of drug-likeness (QED) is 0.678. The smallest absolute Gasteiger partial charge is 0.309 e. The largest absolute Gasteiger partial charge is 0.497 e. The molecule has 0 amide bonds. The lowest BCUT2D eigenvalue weighted by molar-refractivity contribution is -0.152. The van der Waals surface area contributed by atoms with Gasteiger partial charge in [-0.05, 0) is 62.3 Å². The van der Waals surface area contributed by atoms with Crippen LogP contribution in [0.1, 0.15) is 19.3 Å². The van der Waals surface area contributed by atoms with Gasteiger partial charge in [-0.15, -0.1) is 0 Å². The number of nitrogens with one attached hydrogen (secondary N) is 1. The third-order valence-electron chi connectivity index (χ3n) is 5.32. The van der Waals surface area contributed by atoms with Gasteiger partial charge in [0.15, 0.2) is 0 Å². The van der Waals surface area contributed by atoms with Gasteiger partial charge < -0.3 is 19.9 Å². The number of benzene rings is 2. The van der Waals surface area contributed by atoms with E-state index in [1.54, 1.807) is 42.5 Å². The van der Waals surface area contributed by atoms with Gasteiger partial charge in [0.25, 0.3) is 0 Å². The molecule has 2 N–H and O–H groups in total. The molecule has 29 heavy (non-hydrogen) atoms. The summed E-state index contributed by atoms with van der Waals surface area (Å²) in [5.41, 5.74) is -2.49.